The van der Waals surface area contributed by atoms with Gasteiger partial charge in [0.1, 0.15) is 5.58 Å². The molecule has 6 nitrogen and oxygen atoms in total. The molecule has 1 aliphatic rings. The number of hydrogen-bond donors (Lipinski definition) is 1. The van der Waals surface area contributed by atoms with Crippen molar-refractivity contribution in [3.05, 3.63) is 46.3 Å². The van der Waals surface area contributed by atoms with Crippen LogP contribution in [-0.2, 0) is 4.74 Å². The first-order valence-electron chi connectivity index (χ1n) is 9.77. The summed E-state index contributed by atoms with van der Waals surface area (Å²) in [7, 11) is 0. The summed E-state index contributed by atoms with van der Waals surface area (Å²) in [5, 5.41) is 3.47. The van der Waals surface area contributed by atoms with Gasteiger partial charge in [-0.25, -0.2) is 0 Å². The second kappa shape index (κ2) is 9.15. The summed E-state index contributed by atoms with van der Waals surface area (Å²) in [4.78, 5) is 27.3. The number of nitrogens with zero attached hydrogens (tertiary/aromatic N) is 1. The number of para-hydroxylation sites is 1. The molecule has 2 heterocycles. The van der Waals surface area contributed by atoms with Crippen LogP contribution in [0.15, 0.2) is 39.5 Å². The van der Waals surface area contributed by atoms with Crippen LogP contribution in [0.25, 0.3) is 11.0 Å². The van der Waals surface area contributed by atoms with Gasteiger partial charge in [0.25, 0.3) is 5.91 Å². The average molecular weight is 372 g/mol. The molecule has 2 aromatic rings. The first kappa shape index (κ1) is 19.6. The Hall–Kier alpha value is -2.18. The first-order chi connectivity index (χ1) is 13.1. The molecule has 3 rings (SSSR count). The monoisotopic (exact) mass is 372 g/mol. The fourth-order valence-electron chi connectivity index (χ4n) is 3.84. The molecule has 27 heavy (non-hydrogen) atoms. The number of carbonyl (C=O) groups excluding carboxylic acids is 1. The van der Waals surface area contributed by atoms with Crippen molar-refractivity contribution in [1.29, 1.82) is 0 Å². The molecular formula is C21H28N2O4. The van der Waals surface area contributed by atoms with Crippen LogP contribution in [0.1, 0.15) is 37.2 Å². The van der Waals surface area contributed by atoms with Crippen LogP contribution >= 0.6 is 0 Å². The predicted molar refractivity (Wildman–Crippen MR) is 105 cm³/mol. The number of carbonyl (C=O) groups is 1. The number of ether oxygens (including phenoxy) is 1. The zero-order valence-electron chi connectivity index (χ0n) is 16.1. The van der Waals surface area contributed by atoms with E-state index in [0.717, 1.165) is 39.1 Å². The van der Waals surface area contributed by atoms with Crippen molar-refractivity contribution >= 4 is 16.9 Å². The predicted octanol–water partition coefficient (Wildman–Crippen LogP) is 2.66. The molecule has 1 unspecified atom stereocenters. The molecule has 6 heteroatoms. The summed E-state index contributed by atoms with van der Waals surface area (Å²) >= 11 is 0. The van der Waals surface area contributed by atoms with E-state index in [1.165, 1.54) is 6.07 Å². The van der Waals surface area contributed by atoms with Crippen molar-refractivity contribution in [2.45, 2.75) is 32.7 Å². The third-order valence-corrected chi connectivity index (χ3v) is 5.44. The standard InChI is InChI=1S/C21H28N2O4/c1-3-15(4-2)17(23-9-11-26-12-10-23)14-22-21(25)20-13-18(24)16-7-5-6-8-19(16)27-20/h5-8,13,15,17H,3-4,9-12,14H2,1-2H3,(H,22,25). The molecule has 1 aromatic heterocycles. The Morgan fingerprint density at radius 2 is 1.89 bits per heavy atom. The van der Waals surface area contributed by atoms with Gasteiger partial charge in [0.2, 0.25) is 0 Å². The van der Waals surface area contributed by atoms with Gasteiger partial charge in [-0.1, -0.05) is 38.8 Å². The van der Waals surface area contributed by atoms with Gasteiger partial charge in [0.05, 0.1) is 18.6 Å². The highest BCUT2D eigenvalue weighted by Crippen LogP contribution is 2.20. The van der Waals surface area contributed by atoms with E-state index in [0.29, 0.717) is 23.4 Å². The van der Waals surface area contributed by atoms with Crippen LogP contribution in [0.5, 0.6) is 0 Å². The Morgan fingerprint density at radius 3 is 2.59 bits per heavy atom. The number of benzene rings is 1. The number of hydrogen-bond acceptors (Lipinski definition) is 5. The minimum absolute atomic E-state index is 0.0592. The lowest BCUT2D eigenvalue weighted by molar-refractivity contribution is 0.00185. The second-order valence-electron chi connectivity index (χ2n) is 6.97. The number of nitrogens with one attached hydrogen (secondary N) is 1. The number of morpholine rings is 1. The largest absolute Gasteiger partial charge is 0.451 e. The average Bonchev–Trinajstić information content (AvgIpc) is 2.71. The van der Waals surface area contributed by atoms with Crippen molar-refractivity contribution in [3.8, 4) is 0 Å². The maximum atomic E-state index is 12.6. The Bertz CT molecular complexity index is 822. The van der Waals surface area contributed by atoms with Gasteiger partial charge in [0.15, 0.2) is 11.2 Å². The number of amides is 1. The maximum Gasteiger partial charge on any atom is 0.287 e. The molecule has 1 atom stereocenters. The summed E-state index contributed by atoms with van der Waals surface area (Å²) in [5.41, 5.74) is 0.228. The van der Waals surface area contributed by atoms with Gasteiger partial charge >= 0.3 is 0 Å². The lowest BCUT2D eigenvalue weighted by Crippen LogP contribution is -2.52. The molecule has 1 N–H and O–H groups in total. The third kappa shape index (κ3) is 4.57. The van der Waals surface area contributed by atoms with Gasteiger partial charge in [0, 0.05) is 31.7 Å². The minimum Gasteiger partial charge on any atom is -0.451 e. The molecule has 1 aliphatic heterocycles. The van der Waals surface area contributed by atoms with Crippen molar-refractivity contribution in [2.75, 3.05) is 32.8 Å². The Labute approximate surface area is 159 Å². The Morgan fingerprint density at radius 1 is 1.19 bits per heavy atom. The summed E-state index contributed by atoms with van der Waals surface area (Å²) in [6.45, 7) is 8.11. The highest BCUT2D eigenvalue weighted by atomic mass is 16.5. The highest BCUT2D eigenvalue weighted by Gasteiger charge is 2.27. The van der Waals surface area contributed by atoms with Crippen LogP contribution in [0.2, 0.25) is 0 Å². The maximum absolute atomic E-state index is 12.6. The molecule has 0 spiro atoms. The summed E-state index contributed by atoms with van der Waals surface area (Å²) in [6, 6.07) is 8.49. The molecule has 0 aliphatic carbocycles. The summed E-state index contributed by atoms with van der Waals surface area (Å²) in [6.07, 6.45) is 2.11. The molecule has 146 valence electrons. The van der Waals surface area contributed by atoms with Crippen LogP contribution in [0.3, 0.4) is 0 Å². The lowest BCUT2D eigenvalue weighted by atomic mass is 9.92. The third-order valence-electron chi connectivity index (χ3n) is 5.44. The molecular weight excluding hydrogens is 344 g/mol. The fourth-order valence-corrected chi connectivity index (χ4v) is 3.84. The summed E-state index contributed by atoms with van der Waals surface area (Å²) in [5.74, 6) is 0.207. The minimum atomic E-state index is -0.345. The highest BCUT2D eigenvalue weighted by molar-refractivity contribution is 5.93. The van der Waals surface area contributed by atoms with Gasteiger partial charge in [-0.15, -0.1) is 0 Å². The van der Waals surface area contributed by atoms with E-state index >= 15 is 0 Å². The van der Waals surface area contributed by atoms with Gasteiger partial charge in [-0.3, -0.25) is 14.5 Å². The molecule has 0 saturated carbocycles. The van der Waals surface area contributed by atoms with Gasteiger partial charge in [-0.05, 0) is 18.1 Å². The van der Waals surface area contributed by atoms with Crippen molar-refractivity contribution in [3.63, 3.8) is 0 Å². The van der Waals surface area contributed by atoms with Crippen molar-refractivity contribution in [1.82, 2.24) is 10.2 Å². The molecule has 1 aromatic carbocycles. The van der Waals surface area contributed by atoms with E-state index in [1.807, 2.05) is 0 Å². The van der Waals surface area contributed by atoms with Gasteiger partial charge in [-0.2, -0.15) is 0 Å². The van der Waals surface area contributed by atoms with E-state index in [2.05, 4.69) is 24.1 Å². The van der Waals surface area contributed by atoms with Crippen LogP contribution in [0.4, 0.5) is 0 Å². The molecule has 0 bridgehead atoms. The Balaban J connectivity index is 1.74. The van der Waals surface area contributed by atoms with Crippen molar-refractivity contribution < 1.29 is 13.9 Å². The van der Waals surface area contributed by atoms with E-state index < -0.39 is 0 Å². The first-order valence-corrected chi connectivity index (χ1v) is 9.77. The number of rotatable bonds is 7. The second-order valence-corrected chi connectivity index (χ2v) is 6.97. The smallest absolute Gasteiger partial charge is 0.287 e. The lowest BCUT2D eigenvalue weighted by Gasteiger charge is -2.38. The molecule has 1 fully saturated rings. The van der Waals surface area contributed by atoms with E-state index in [9.17, 15) is 9.59 Å². The quantitative estimate of drug-likeness (QED) is 0.809. The topological polar surface area (TPSA) is 71.8 Å². The molecule has 0 radical (unpaired) electrons. The molecule has 1 amide bonds. The zero-order valence-corrected chi connectivity index (χ0v) is 16.1. The number of fused-ring (bicyclic) bond motifs is 1. The van der Waals surface area contributed by atoms with Crippen LogP contribution < -0.4 is 10.7 Å². The van der Waals surface area contributed by atoms with Gasteiger partial charge < -0.3 is 14.5 Å². The zero-order chi connectivity index (χ0) is 19.2. The fraction of sp³-hybridized carbons (Fsp3) is 0.524. The van der Waals surface area contributed by atoms with E-state index in [-0.39, 0.29) is 23.1 Å². The van der Waals surface area contributed by atoms with Crippen LogP contribution in [-0.4, -0.2) is 49.7 Å². The molecule has 1 saturated heterocycles. The van der Waals surface area contributed by atoms with Crippen molar-refractivity contribution in [2.24, 2.45) is 5.92 Å². The Kier molecular flexibility index (Phi) is 6.63. The SMILES string of the molecule is CCC(CC)C(CNC(=O)c1cc(=O)c2ccccc2o1)N1CCOCC1. The van der Waals surface area contributed by atoms with E-state index in [1.54, 1.807) is 24.3 Å². The summed E-state index contributed by atoms with van der Waals surface area (Å²) < 4.78 is 11.1. The van der Waals surface area contributed by atoms with E-state index in [4.69, 9.17) is 9.15 Å². The van der Waals surface area contributed by atoms with Crippen LogP contribution in [0, 0.1) is 5.92 Å². The normalized spacial score (nSPS) is 16.6.